The number of hydrogen-bond acceptors (Lipinski definition) is 3. The van der Waals surface area contributed by atoms with Gasteiger partial charge >= 0.3 is 0 Å². The van der Waals surface area contributed by atoms with Crippen molar-refractivity contribution in [1.29, 1.82) is 0 Å². The number of rotatable bonds is 8. The molecule has 0 saturated heterocycles. The minimum absolute atomic E-state index is 0.416. The number of aromatic nitrogens is 2. The van der Waals surface area contributed by atoms with Gasteiger partial charge in [0.15, 0.2) is 0 Å². The van der Waals surface area contributed by atoms with E-state index in [1.165, 1.54) is 16.0 Å². The Kier molecular flexibility index (Phi) is 5.80. The van der Waals surface area contributed by atoms with Crippen LogP contribution in [0.5, 0.6) is 0 Å². The van der Waals surface area contributed by atoms with Crippen molar-refractivity contribution in [3.05, 3.63) is 39.8 Å². The lowest BCUT2D eigenvalue weighted by Gasteiger charge is -2.18. The Morgan fingerprint density at radius 2 is 2.20 bits per heavy atom. The zero-order valence-electron chi connectivity index (χ0n) is 12.7. The monoisotopic (exact) mass is 291 g/mol. The molecule has 0 radical (unpaired) electrons. The molecule has 0 amide bonds. The summed E-state index contributed by atoms with van der Waals surface area (Å²) < 4.78 is 2.00. The average molecular weight is 291 g/mol. The third-order valence-electron chi connectivity index (χ3n) is 3.57. The van der Waals surface area contributed by atoms with E-state index in [2.05, 4.69) is 48.8 Å². The molecule has 0 aliphatic carbocycles. The largest absolute Gasteiger partial charge is 0.309 e. The Labute approximate surface area is 126 Å². The molecule has 4 heteroatoms. The fraction of sp³-hybridized carbons (Fsp3) is 0.562. The lowest BCUT2D eigenvalue weighted by Crippen LogP contribution is -2.24. The minimum atomic E-state index is 0.416. The lowest BCUT2D eigenvalue weighted by molar-refractivity contribution is 0.533. The van der Waals surface area contributed by atoms with Gasteiger partial charge in [0.1, 0.15) is 0 Å². The summed E-state index contributed by atoms with van der Waals surface area (Å²) in [5, 5.41) is 10.3. The summed E-state index contributed by atoms with van der Waals surface area (Å²) in [4.78, 5) is 1.49. The van der Waals surface area contributed by atoms with Gasteiger partial charge < -0.3 is 5.32 Å². The van der Waals surface area contributed by atoms with Gasteiger partial charge in [-0.05, 0) is 55.3 Å². The fourth-order valence-electron chi connectivity index (χ4n) is 2.44. The molecule has 0 aliphatic heterocycles. The maximum Gasteiger partial charge on any atom is 0.0522 e. The molecular weight excluding hydrogens is 266 g/mol. The molecule has 1 N–H and O–H groups in total. The van der Waals surface area contributed by atoms with Crippen molar-refractivity contribution in [2.45, 2.75) is 52.6 Å². The lowest BCUT2D eigenvalue weighted by atomic mass is 10.0. The van der Waals surface area contributed by atoms with Crippen LogP contribution in [0.25, 0.3) is 0 Å². The van der Waals surface area contributed by atoms with Crippen LogP contribution in [-0.2, 0) is 19.4 Å². The molecule has 2 rings (SSSR count). The van der Waals surface area contributed by atoms with Gasteiger partial charge in [0.05, 0.1) is 6.20 Å². The van der Waals surface area contributed by atoms with Crippen LogP contribution in [-0.4, -0.2) is 16.3 Å². The molecule has 0 spiro atoms. The Hall–Kier alpha value is -1.13. The highest BCUT2D eigenvalue weighted by molar-refractivity contribution is 7.10. The van der Waals surface area contributed by atoms with Crippen molar-refractivity contribution >= 4 is 11.3 Å². The summed E-state index contributed by atoms with van der Waals surface area (Å²) >= 11 is 1.87. The zero-order chi connectivity index (χ0) is 14.4. The maximum absolute atomic E-state index is 4.38. The molecule has 2 heterocycles. The van der Waals surface area contributed by atoms with Gasteiger partial charge in [-0.15, -0.1) is 11.3 Å². The molecule has 3 nitrogen and oxygen atoms in total. The first-order valence-corrected chi connectivity index (χ1v) is 8.47. The molecule has 2 aromatic rings. The summed E-state index contributed by atoms with van der Waals surface area (Å²) in [5.74, 6) is 0. The second-order valence-corrected chi connectivity index (χ2v) is 6.03. The van der Waals surface area contributed by atoms with Crippen molar-refractivity contribution in [2.24, 2.45) is 0 Å². The van der Waals surface area contributed by atoms with Gasteiger partial charge in [-0.3, -0.25) is 4.68 Å². The highest BCUT2D eigenvalue weighted by Gasteiger charge is 2.17. The quantitative estimate of drug-likeness (QED) is 0.801. The fourth-order valence-corrected chi connectivity index (χ4v) is 3.52. The molecular formula is C16H25N3S. The van der Waals surface area contributed by atoms with Crippen molar-refractivity contribution in [1.82, 2.24) is 15.1 Å². The average Bonchev–Trinajstić information content (AvgIpc) is 3.11. The van der Waals surface area contributed by atoms with Crippen LogP contribution in [0.3, 0.4) is 0 Å². The van der Waals surface area contributed by atoms with E-state index in [1.54, 1.807) is 0 Å². The molecule has 20 heavy (non-hydrogen) atoms. The van der Waals surface area contributed by atoms with Crippen LogP contribution in [0.1, 0.15) is 49.2 Å². The van der Waals surface area contributed by atoms with Gasteiger partial charge in [-0.25, -0.2) is 0 Å². The first-order chi connectivity index (χ1) is 9.78. The SMILES string of the molecule is CCCNC(Cc1cnn(CC)c1)c1sccc1CC. The van der Waals surface area contributed by atoms with Crippen molar-refractivity contribution in [3.63, 3.8) is 0 Å². The van der Waals surface area contributed by atoms with Gasteiger partial charge in [-0.1, -0.05) is 13.8 Å². The molecule has 0 aliphatic rings. The second-order valence-electron chi connectivity index (χ2n) is 5.08. The van der Waals surface area contributed by atoms with Crippen LogP contribution in [0.2, 0.25) is 0 Å². The van der Waals surface area contributed by atoms with E-state index >= 15 is 0 Å². The molecule has 1 unspecified atom stereocenters. The van der Waals surface area contributed by atoms with E-state index in [1.807, 2.05) is 22.2 Å². The smallest absolute Gasteiger partial charge is 0.0522 e. The molecule has 0 saturated carbocycles. The maximum atomic E-state index is 4.38. The summed E-state index contributed by atoms with van der Waals surface area (Å²) in [6.07, 6.45) is 7.46. The summed E-state index contributed by atoms with van der Waals surface area (Å²) in [7, 11) is 0. The van der Waals surface area contributed by atoms with E-state index < -0.39 is 0 Å². The van der Waals surface area contributed by atoms with Crippen molar-refractivity contribution in [3.8, 4) is 0 Å². The molecule has 0 fully saturated rings. The molecule has 0 aromatic carbocycles. The number of nitrogens with zero attached hydrogens (tertiary/aromatic N) is 2. The third-order valence-corrected chi connectivity index (χ3v) is 4.64. The first kappa shape index (κ1) is 15.3. The predicted molar refractivity (Wildman–Crippen MR) is 86.3 cm³/mol. The highest BCUT2D eigenvalue weighted by Crippen LogP contribution is 2.27. The number of nitrogens with one attached hydrogen (secondary N) is 1. The van der Waals surface area contributed by atoms with E-state index in [0.29, 0.717) is 6.04 Å². The van der Waals surface area contributed by atoms with Crippen LogP contribution >= 0.6 is 11.3 Å². The Morgan fingerprint density at radius 3 is 2.85 bits per heavy atom. The van der Waals surface area contributed by atoms with E-state index in [4.69, 9.17) is 0 Å². The Bertz CT molecular complexity index is 515. The normalized spacial score (nSPS) is 12.8. The Balaban J connectivity index is 2.14. The summed E-state index contributed by atoms with van der Waals surface area (Å²) in [6, 6.07) is 2.68. The van der Waals surface area contributed by atoms with Gasteiger partial charge in [0, 0.05) is 23.7 Å². The second kappa shape index (κ2) is 7.60. The van der Waals surface area contributed by atoms with Crippen LogP contribution in [0.15, 0.2) is 23.8 Å². The van der Waals surface area contributed by atoms with E-state index in [-0.39, 0.29) is 0 Å². The highest BCUT2D eigenvalue weighted by atomic mass is 32.1. The van der Waals surface area contributed by atoms with Gasteiger partial charge in [0.2, 0.25) is 0 Å². The third kappa shape index (κ3) is 3.70. The topological polar surface area (TPSA) is 29.9 Å². The molecule has 1 atom stereocenters. The van der Waals surface area contributed by atoms with Crippen molar-refractivity contribution in [2.75, 3.05) is 6.54 Å². The van der Waals surface area contributed by atoms with Crippen LogP contribution in [0, 0.1) is 0 Å². The standard InChI is InChI=1S/C16H25N3S/c1-4-8-17-15(16-14(5-2)7-9-20-16)10-13-11-18-19(6-3)12-13/h7,9,11-12,15,17H,4-6,8,10H2,1-3H3. The molecule has 110 valence electrons. The Morgan fingerprint density at radius 1 is 1.35 bits per heavy atom. The van der Waals surface area contributed by atoms with Gasteiger partial charge in [-0.2, -0.15) is 5.10 Å². The summed E-state index contributed by atoms with van der Waals surface area (Å²) in [5.41, 5.74) is 2.79. The number of thiophene rings is 1. The molecule has 0 bridgehead atoms. The van der Waals surface area contributed by atoms with E-state index in [9.17, 15) is 0 Å². The number of aryl methyl sites for hydroxylation is 2. The van der Waals surface area contributed by atoms with Crippen LogP contribution < -0.4 is 5.32 Å². The molecule has 2 aromatic heterocycles. The van der Waals surface area contributed by atoms with Crippen LogP contribution in [0.4, 0.5) is 0 Å². The number of hydrogen-bond donors (Lipinski definition) is 1. The van der Waals surface area contributed by atoms with E-state index in [0.717, 1.165) is 32.4 Å². The minimum Gasteiger partial charge on any atom is -0.309 e. The first-order valence-electron chi connectivity index (χ1n) is 7.59. The predicted octanol–water partition coefficient (Wildman–Crippen LogP) is 3.81. The van der Waals surface area contributed by atoms with Crippen molar-refractivity contribution < 1.29 is 0 Å². The zero-order valence-corrected chi connectivity index (χ0v) is 13.5. The van der Waals surface area contributed by atoms with Gasteiger partial charge in [0.25, 0.3) is 0 Å². The summed E-state index contributed by atoms with van der Waals surface area (Å²) in [6.45, 7) is 8.57.